The van der Waals surface area contributed by atoms with Crippen LogP contribution in [0.25, 0.3) is 0 Å². The number of hydrogen-bond donors (Lipinski definition) is 0. The number of carbonyl (C=O) groups excluding carboxylic acids is 2. The van der Waals surface area contributed by atoms with Crippen molar-refractivity contribution in [2.45, 2.75) is 43.7 Å². The molecule has 3 aliphatic heterocycles. The van der Waals surface area contributed by atoms with Gasteiger partial charge in [-0.05, 0) is 36.5 Å². The Balaban J connectivity index is 1.40. The van der Waals surface area contributed by atoms with Gasteiger partial charge in [0.25, 0.3) is 0 Å². The van der Waals surface area contributed by atoms with Gasteiger partial charge in [-0.25, -0.2) is 4.79 Å². The molecule has 1 saturated heterocycles. The molecule has 0 aromatic heterocycles. The molecule has 2 fully saturated rings. The summed E-state index contributed by atoms with van der Waals surface area (Å²) < 4.78 is 11.4. The third-order valence-electron chi connectivity index (χ3n) is 7.84. The fourth-order valence-electron chi connectivity index (χ4n) is 6.42. The smallest absolute Gasteiger partial charge is 0.414 e. The maximum Gasteiger partial charge on any atom is 0.414 e. The Hall–Kier alpha value is -2.99. The maximum atomic E-state index is 13.6. The Morgan fingerprint density at radius 3 is 2.62 bits per heavy atom. The summed E-state index contributed by atoms with van der Waals surface area (Å²) in [4.78, 5) is 33.8. The normalized spacial score (nSPS) is 27.5. The highest BCUT2D eigenvalue weighted by Crippen LogP contribution is 2.59. The van der Waals surface area contributed by atoms with Crippen molar-refractivity contribution in [2.24, 2.45) is 10.4 Å². The van der Waals surface area contributed by atoms with E-state index in [1.165, 1.54) is 0 Å². The van der Waals surface area contributed by atoms with Crippen molar-refractivity contribution in [2.75, 3.05) is 24.7 Å². The molecule has 1 saturated carbocycles. The van der Waals surface area contributed by atoms with E-state index in [0.717, 1.165) is 28.9 Å². The Kier molecular flexibility index (Phi) is 4.47. The largest absolute Gasteiger partial charge is 0.444 e. The van der Waals surface area contributed by atoms with Crippen LogP contribution >= 0.6 is 0 Å². The molecule has 4 aliphatic rings. The molecule has 164 valence electrons. The minimum Gasteiger partial charge on any atom is -0.444 e. The van der Waals surface area contributed by atoms with Crippen LogP contribution in [0.2, 0.25) is 0 Å². The predicted molar refractivity (Wildman–Crippen MR) is 120 cm³/mol. The molecular weight excluding hydrogens is 404 g/mol. The van der Waals surface area contributed by atoms with Gasteiger partial charge in [0, 0.05) is 31.9 Å². The van der Waals surface area contributed by atoms with Crippen molar-refractivity contribution < 1.29 is 19.1 Å². The summed E-state index contributed by atoms with van der Waals surface area (Å²) in [6.07, 6.45) is 2.11. The van der Waals surface area contributed by atoms with Crippen molar-refractivity contribution in [3.8, 4) is 0 Å². The monoisotopic (exact) mass is 430 g/mol. The van der Waals surface area contributed by atoms with E-state index in [2.05, 4.69) is 6.07 Å². The lowest BCUT2D eigenvalue weighted by Gasteiger charge is -2.50. The molecule has 0 bridgehead atoms. The highest BCUT2D eigenvalue weighted by atomic mass is 16.6. The van der Waals surface area contributed by atoms with Gasteiger partial charge in [-0.1, -0.05) is 48.5 Å². The first-order valence-electron chi connectivity index (χ1n) is 11.4. The standard InChI is InChI=1S/C26H26N2O4/c29-22-16-21-26(10-13-27-23(26)25(22)11-14-31-15-12-25)19-8-4-5-9-20(19)28(21)24(30)32-17-18-6-2-1-3-7-18/h1-9,21H,10-17H2/t21-,26-/m0/s1. The van der Waals surface area contributed by atoms with Crippen molar-refractivity contribution in [3.63, 3.8) is 0 Å². The molecule has 0 N–H and O–H groups in total. The van der Waals surface area contributed by atoms with Crippen LogP contribution in [0.5, 0.6) is 0 Å². The highest BCUT2D eigenvalue weighted by molar-refractivity contribution is 6.20. The summed E-state index contributed by atoms with van der Waals surface area (Å²) >= 11 is 0. The quantitative estimate of drug-likeness (QED) is 0.721. The number of anilines is 1. The van der Waals surface area contributed by atoms with Gasteiger partial charge in [0.2, 0.25) is 0 Å². The zero-order valence-corrected chi connectivity index (χ0v) is 18.0. The first kappa shape index (κ1) is 19.7. The van der Waals surface area contributed by atoms with E-state index in [4.69, 9.17) is 14.5 Å². The minimum absolute atomic E-state index is 0.191. The number of rotatable bonds is 2. The zero-order chi connectivity index (χ0) is 21.8. The van der Waals surface area contributed by atoms with Crippen LogP contribution in [0.4, 0.5) is 10.5 Å². The summed E-state index contributed by atoms with van der Waals surface area (Å²) in [5, 5.41) is 0. The number of fused-ring (bicyclic) bond motifs is 2. The number of ether oxygens (including phenoxy) is 2. The van der Waals surface area contributed by atoms with Crippen molar-refractivity contribution in [3.05, 3.63) is 65.7 Å². The lowest BCUT2D eigenvalue weighted by Crippen LogP contribution is -2.63. The lowest BCUT2D eigenvalue weighted by molar-refractivity contribution is -0.131. The summed E-state index contributed by atoms with van der Waals surface area (Å²) in [5.41, 5.74) is 2.92. The fourth-order valence-corrected chi connectivity index (χ4v) is 6.42. The molecule has 2 atom stereocenters. The van der Waals surface area contributed by atoms with Crippen LogP contribution in [0.3, 0.4) is 0 Å². The van der Waals surface area contributed by atoms with E-state index in [0.29, 0.717) is 39.0 Å². The fraction of sp³-hybridized carbons (Fsp3) is 0.423. The molecule has 32 heavy (non-hydrogen) atoms. The van der Waals surface area contributed by atoms with Crippen molar-refractivity contribution in [1.29, 1.82) is 0 Å². The average molecular weight is 431 g/mol. The summed E-state index contributed by atoms with van der Waals surface area (Å²) in [7, 11) is 0. The summed E-state index contributed by atoms with van der Waals surface area (Å²) in [6.45, 7) is 2.04. The Morgan fingerprint density at radius 1 is 1.06 bits per heavy atom. The number of nitrogens with zero attached hydrogens (tertiary/aromatic N) is 2. The molecule has 0 radical (unpaired) electrons. The Bertz CT molecular complexity index is 1110. The zero-order valence-electron chi connectivity index (χ0n) is 18.0. The van der Waals surface area contributed by atoms with Gasteiger partial charge in [0.15, 0.2) is 0 Å². The van der Waals surface area contributed by atoms with Crippen molar-refractivity contribution >= 4 is 23.3 Å². The third kappa shape index (κ3) is 2.59. The van der Waals surface area contributed by atoms with Crippen LogP contribution in [-0.4, -0.2) is 43.4 Å². The topological polar surface area (TPSA) is 68.2 Å². The number of carbonyl (C=O) groups is 2. The molecule has 2 spiro atoms. The van der Waals surface area contributed by atoms with E-state index in [1.807, 2.05) is 48.5 Å². The van der Waals surface area contributed by atoms with Gasteiger partial charge in [-0.2, -0.15) is 0 Å². The Labute approximate surface area is 187 Å². The molecule has 1 aliphatic carbocycles. The number of Topliss-reactive ketones (excluding diaryl/α,β-unsaturated/α-hetero) is 1. The number of amides is 1. The van der Waals surface area contributed by atoms with E-state index in [-0.39, 0.29) is 18.4 Å². The van der Waals surface area contributed by atoms with Gasteiger partial charge in [0.05, 0.1) is 22.6 Å². The molecular formula is C26H26N2O4. The molecule has 2 aromatic rings. The molecule has 6 nitrogen and oxygen atoms in total. The molecule has 6 heteroatoms. The molecule has 6 rings (SSSR count). The van der Waals surface area contributed by atoms with Crippen LogP contribution in [-0.2, 0) is 26.3 Å². The highest BCUT2D eigenvalue weighted by Gasteiger charge is 2.67. The first-order chi connectivity index (χ1) is 15.7. The van der Waals surface area contributed by atoms with Gasteiger partial charge in [-0.15, -0.1) is 0 Å². The number of hydrogen-bond acceptors (Lipinski definition) is 5. The van der Waals surface area contributed by atoms with Crippen LogP contribution < -0.4 is 4.90 Å². The SMILES string of the molecule is O=C(OCc1ccccc1)N1c2ccccc2[C@]23CCN=C2C2(CCOCC2)C(=O)C[C@H]13. The molecule has 3 heterocycles. The number of aliphatic imine (C=N–C) groups is 1. The average Bonchev–Trinajstić information content (AvgIpc) is 3.40. The molecule has 2 aromatic carbocycles. The predicted octanol–water partition coefficient (Wildman–Crippen LogP) is 4.06. The van der Waals surface area contributed by atoms with Crippen LogP contribution in [0, 0.1) is 5.41 Å². The van der Waals surface area contributed by atoms with Crippen LogP contribution in [0.15, 0.2) is 59.6 Å². The maximum absolute atomic E-state index is 13.6. The van der Waals surface area contributed by atoms with E-state index in [9.17, 15) is 9.59 Å². The number of ketones is 1. The van der Waals surface area contributed by atoms with E-state index < -0.39 is 16.9 Å². The molecule has 0 unspecified atom stereocenters. The van der Waals surface area contributed by atoms with Gasteiger partial charge in [0.1, 0.15) is 12.4 Å². The number of para-hydroxylation sites is 1. The van der Waals surface area contributed by atoms with E-state index >= 15 is 0 Å². The van der Waals surface area contributed by atoms with Gasteiger partial charge >= 0.3 is 6.09 Å². The lowest BCUT2D eigenvalue weighted by atomic mass is 9.54. The second-order valence-corrected chi connectivity index (χ2v) is 9.22. The van der Waals surface area contributed by atoms with Gasteiger partial charge < -0.3 is 9.47 Å². The summed E-state index contributed by atoms with van der Waals surface area (Å²) in [6, 6.07) is 17.4. The summed E-state index contributed by atoms with van der Waals surface area (Å²) in [5.74, 6) is 0.191. The minimum atomic E-state index is -0.553. The second-order valence-electron chi connectivity index (χ2n) is 9.22. The first-order valence-corrected chi connectivity index (χ1v) is 11.4. The van der Waals surface area contributed by atoms with Crippen LogP contribution in [0.1, 0.15) is 36.8 Å². The number of benzene rings is 2. The third-order valence-corrected chi connectivity index (χ3v) is 7.84. The van der Waals surface area contributed by atoms with E-state index in [1.54, 1.807) is 4.90 Å². The van der Waals surface area contributed by atoms with Crippen molar-refractivity contribution in [1.82, 2.24) is 0 Å². The molecule has 1 amide bonds. The Morgan fingerprint density at radius 2 is 1.81 bits per heavy atom. The van der Waals surface area contributed by atoms with Gasteiger partial charge in [-0.3, -0.25) is 14.7 Å². The second kappa shape index (κ2) is 7.27.